The summed E-state index contributed by atoms with van der Waals surface area (Å²) in [6.45, 7) is -0.227. The van der Waals surface area contributed by atoms with Crippen LogP contribution in [-0.2, 0) is 6.42 Å². The van der Waals surface area contributed by atoms with Gasteiger partial charge in [-0.2, -0.15) is 13.2 Å². The van der Waals surface area contributed by atoms with E-state index in [0.29, 0.717) is 19.0 Å². The van der Waals surface area contributed by atoms with E-state index >= 15 is 0 Å². The molecule has 0 radical (unpaired) electrons. The lowest BCUT2D eigenvalue weighted by molar-refractivity contribution is -0.123. The summed E-state index contributed by atoms with van der Waals surface area (Å²) in [5, 5.41) is 1.93. The van der Waals surface area contributed by atoms with Crippen LogP contribution in [-0.4, -0.2) is 41.7 Å². The molecule has 1 N–H and O–H groups in total. The fraction of sp³-hybridized carbons (Fsp3) is 0.571. The molecule has 1 saturated carbocycles. The van der Waals surface area contributed by atoms with Crippen LogP contribution < -0.4 is 5.32 Å². The molecule has 4 nitrogen and oxygen atoms in total. The zero-order chi connectivity index (χ0) is 15.1. The Morgan fingerprint density at radius 1 is 1.48 bits per heavy atom. The van der Waals surface area contributed by atoms with Gasteiger partial charge in [0, 0.05) is 25.0 Å². The molecule has 2 fully saturated rings. The van der Waals surface area contributed by atoms with Gasteiger partial charge in [0.05, 0.1) is 0 Å². The number of piperidine rings is 1. The van der Waals surface area contributed by atoms with Crippen molar-refractivity contribution in [1.29, 1.82) is 0 Å². The molecule has 1 aliphatic heterocycles. The van der Waals surface area contributed by atoms with E-state index in [2.05, 4.69) is 4.98 Å². The highest BCUT2D eigenvalue weighted by atomic mass is 19.4. The number of pyridine rings is 1. The van der Waals surface area contributed by atoms with E-state index in [0.717, 1.165) is 18.5 Å². The molecular formula is C14H16F3N3O. The Balaban J connectivity index is 1.55. The van der Waals surface area contributed by atoms with Crippen LogP contribution in [0.25, 0.3) is 0 Å². The minimum absolute atomic E-state index is 0.0178. The highest BCUT2D eigenvalue weighted by Gasteiger charge is 2.60. The lowest BCUT2D eigenvalue weighted by Gasteiger charge is -2.22. The van der Waals surface area contributed by atoms with Crippen molar-refractivity contribution in [3.63, 3.8) is 0 Å². The minimum Gasteiger partial charge on any atom is -0.329 e. The van der Waals surface area contributed by atoms with E-state index in [1.807, 2.05) is 23.5 Å². The number of hydrogen-bond acceptors (Lipinski definition) is 2. The molecule has 2 unspecified atom stereocenters. The first-order chi connectivity index (χ1) is 9.88. The highest BCUT2D eigenvalue weighted by molar-refractivity contribution is 5.75. The van der Waals surface area contributed by atoms with Crippen LogP contribution >= 0.6 is 0 Å². The number of aromatic nitrogens is 1. The van der Waals surface area contributed by atoms with Gasteiger partial charge in [0.1, 0.15) is 6.54 Å². The number of hydrogen-bond donors (Lipinski definition) is 1. The van der Waals surface area contributed by atoms with Crippen molar-refractivity contribution in [2.75, 3.05) is 19.6 Å². The van der Waals surface area contributed by atoms with Crippen LogP contribution in [0.15, 0.2) is 24.4 Å². The number of halogens is 3. The Bertz CT molecular complexity index is 534. The van der Waals surface area contributed by atoms with Crippen LogP contribution in [0.3, 0.4) is 0 Å². The predicted octanol–water partition coefficient (Wildman–Crippen LogP) is 2.22. The monoisotopic (exact) mass is 299 g/mol. The van der Waals surface area contributed by atoms with E-state index in [1.165, 1.54) is 4.90 Å². The maximum absolute atomic E-state index is 12.1. The molecule has 0 spiro atoms. The van der Waals surface area contributed by atoms with Crippen LogP contribution in [0.4, 0.5) is 18.0 Å². The summed E-state index contributed by atoms with van der Waals surface area (Å²) in [4.78, 5) is 17.5. The van der Waals surface area contributed by atoms with Crippen molar-refractivity contribution < 1.29 is 18.0 Å². The second-order valence-electron chi connectivity index (χ2n) is 5.92. The summed E-state index contributed by atoms with van der Waals surface area (Å²) in [6.07, 6.45) is -0.843. The van der Waals surface area contributed by atoms with Gasteiger partial charge in [0.25, 0.3) is 0 Å². The SMILES string of the molecule is O=C(NCC(F)(F)F)N1CC2CC2(Cc2ccccn2)C1. The van der Waals surface area contributed by atoms with Crippen molar-refractivity contribution in [1.82, 2.24) is 15.2 Å². The standard InChI is InChI=1S/C14H16F3N3O/c15-14(16,17)8-19-12(21)20-7-10-5-13(10,9-20)6-11-3-1-2-4-18-11/h1-4,10H,5-9H2,(H,19,21). The van der Waals surface area contributed by atoms with Gasteiger partial charge in [-0.15, -0.1) is 0 Å². The average Bonchev–Trinajstić information content (AvgIpc) is 2.96. The van der Waals surface area contributed by atoms with E-state index in [-0.39, 0.29) is 5.41 Å². The molecule has 2 atom stereocenters. The first-order valence-corrected chi connectivity index (χ1v) is 6.87. The Morgan fingerprint density at radius 2 is 2.29 bits per heavy atom. The van der Waals surface area contributed by atoms with Crippen molar-refractivity contribution in [3.8, 4) is 0 Å². The van der Waals surface area contributed by atoms with Gasteiger partial charge in [-0.3, -0.25) is 4.98 Å². The summed E-state index contributed by atoms with van der Waals surface area (Å²) in [6, 6.07) is 5.08. The molecule has 7 heteroatoms. The maximum Gasteiger partial charge on any atom is 0.405 e. The fourth-order valence-corrected chi connectivity index (χ4v) is 3.17. The molecule has 114 valence electrons. The van der Waals surface area contributed by atoms with Gasteiger partial charge in [-0.05, 0) is 36.3 Å². The Morgan fingerprint density at radius 3 is 2.95 bits per heavy atom. The van der Waals surface area contributed by atoms with Gasteiger partial charge >= 0.3 is 12.2 Å². The number of fused-ring (bicyclic) bond motifs is 1. The van der Waals surface area contributed by atoms with Crippen molar-refractivity contribution in [3.05, 3.63) is 30.1 Å². The van der Waals surface area contributed by atoms with Crippen LogP contribution in [0.1, 0.15) is 12.1 Å². The first-order valence-electron chi connectivity index (χ1n) is 6.87. The second-order valence-corrected chi connectivity index (χ2v) is 5.92. The third-order valence-corrected chi connectivity index (χ3v) is 4.29. The Kier molecular flexibility index (Phi) is 3.30. The third-order valence-electron chi connectivity index (χ3n) is 4.29. The number of carbonyl (C=O) groups excluding carboxylic acids is 1. The van der Waals surface area contributed by atoms with E-state index in [1.54, 1.807) is 6.20 Å². The van der Waals surface area contributed by atoms with E-state index in [4.69, 9.17) is 0 Å². The number of rotatable bonds is 3. The van der Waals surface area contributed by atoms with Crippen molar-refractivity contribution in [2.45, 2.75) is 19.0 Å². The van der Waals surface area contributed by atoms with E-state index in [9.17, 15) is 18.0 Å². The zero-order valence-corrected chi connectivity index (χ0v) is 11.4. The van der Waals surface area contributed by atoms with Crippen LogP contribution in [0, 0.1) is 11.3 Å². The zero-order valence-electron chi connectivity index (χ0n) is 11.4. The number of urea groups is 1. The van der Waals surface area contributed by atoms with Gasteiger partial charge in [-0.25, -0.2) is 4.79 Å². The molecule has 0 aromatic carbocycles. The van der Waals surface area contributed by atoms with Gasteiger partial charge in [-0.1, -0.05) is 6.07 Å². The van der Waals surface area contributed by atoms with Crippen LogP contribution in [0.5, 0.6) is 0 Å². The topological polar surface area (TPSA) is 45.2 Å². The number of nitrogens with zero attached hydrogens (tertiary/aromatic N) is 2. The summed E-state index contributed by atoms with van der Waals surface area (Å²) in [5.41, 5.74) is 0.988. The number of alkyl halides is 3. The molecule has 3 rings (SSSR count). The Hall–Kier alpha value is -1.79. The van der Waals surface area contributed by atoms with Gasteiger partial charge in [0.2, 0.25) is 0 Å². The normalized spacial score (nSPS) is 27.4. The largest absolute Gasteiger partial charge is 0.405 e. The quantitative estimate of drug-likeness (QED) is 0.930. The molecule has 1 aromatic rings. The molecule has 2 aliphatic rings. The average molecular weight is 299 g/mol. The molecule has 0 bridgehead atoms. The Labute approximate surface area is 120 Å². The fourth-order valence-electron chi connectivity index (χ4n) is 3.17. The molecule has 1 saturated heterocycles. The molecule has 1 aliphatic carbocycles. The molecule has 21 heavy (non-hydrogen) atoms. The lowest BCUT2D eigenvalue weighted by atomic mass is 9.99. The summed E-state index contributed by atoms with van der Waals surface area (Å²) in [5.74, 6) is 0.385. The second kappa shape index (κ2) is 4.89. The first kappa shape index (κ1) is 14.2. The van der Waals surface area contributed by atoms with E-state index < -0.39 is 18.8 Å². The van der Waals surface area contributed by atoms with Gasteiger partial charge in [0.15, 0.2) is 0 Å². The molecule has 1 aromatic heterocycles. The summed E-state index contributed by atoms with van der Waals surface area (Å²) >= 11 is 0. The molecular weight excluding hydrogens is 283 g/mol. The molecule has 2 amide bonds. The number of carbonyl (C=O) groups is 1. The van der Waals surface area contributed by atoms with Crippen LogP contribution in [0.2, 0.25) is 0 Å². The minimum atomic E-state index is -4.37. The number of amides is 2. The summed E-state index contributed by atoms with van der Waals surface area (Å²) in [7, 11) is 0. The van der Waals surface area contributed by atoms with Gasteiger partial charge < -0.3 is 10.2 Å². The lowest BCUT2D eigenvalue weighted by Crippen LogP contribution is -2.44. The maximum atomic E-state index is 12.1. The predicted molar refractivity (Wildman–Crippen MR) is 69.5 cm³/mol. The molecule has 2 heterocycles. The number of nitrogens with one attached hydrogen (secondary N) is 1. The number of likely N-dealkylation sites (tertiary alicyclic amines) is 1. The smallest absolute Gasteiger partial charge is 0.329 e. The van der Waals surface area contributed by atoms with Crippen molar-refractivity contribution >= 4 is 6.03 Å². The summed E-state index contributed by atoms with van der Waals surface area (Å²) < 4.78 is 36.3. The third kappa shape index (κ3) is 3.11. The van der Waals surface area contributed by atoms with Crippen molar-refractivity contribution in [2.24, 2.45) is 11.3 Å². The highest BCUT2D eigenvalue weighted by Crippen LogP contribution is 2.59.